The molecular formula is C16H20N4O2S. The fourth-order valence-electron chi connectivity index (χ4n) is 2.87. The third-order valence-electron chi connectivity index (χ3n) is 4.02. The summed E-state index contributed by atoms with van der Waals surface area (Å²) in [5.74, 6) is 0.327. The second-order valence-corrected chi connectivity index (χ2v) is 6.97. The molecule has 23 heavy (non-hydrogen) atoms. The maximum Gasteiger partial charge on any atom is 0.254 e. The lowest BCUT2D eigenvalue weighted by Crippen LogP contribution is -2.24. The van der Waals surface area contributed by atoms with Gasteiger partial charge in [0.25, 0.3) is 5.56 Å². The summed E-state index contributed by atoms with van der Waals surface area (Å²) in [6.07, 6.45) is 5.64. The van der Waals surface area contributed by atoms with Crippen LogP contribution in [0.3, 0.4) is 0 Å². The van der Waals surface area contributed by atoms with Crippen LogP contribution >= 0.6 is 11.3 Å². The second kappa shape index (κ2) is 6.62. The van der Waals surface area contributed by atoms with E-state index in [2.05, 4.69) is 20.3 Å². The molecule has 1 aliphatic carbocycles. The van der Waals surface area contributed by atoms with Gasteiger partial charge in [-0.25, -0.2) is 9.97 Å². The second-order valence-electron chi connectivity index (χ2n) is 5.89. The molecule has 0 fully saturated rings. The highest BCUT2D eigenvalue weighted by molar-refractivity contribution is 7.15. The van der Waals surface area contributed by atoms with E-state index in [1.807, 2.05) is 0 Å². The van der Waals surface area contributed by atoms with Gasteiger partial charge >= 0.3 is 0 Å². The first-order chi connectivity index (χ1) is 11.0. The highest BCUT2D eigenvalue weighted by atomic mass is 32.1. The van der Waals surface area contributed by atoms with Crippen LogP contribution in [0.15, 0.2) is 4.79 Å². The van der Waals surface area contributed by atoms with Crippen molar-refractivity contribution in [3.05, 3.63) is 38.0 Å². The van der Waals surface area contributed by atoms with Crippen molar-refractivity contribution in [2.45, 2.75) is 52.4 Å². The van der Waals surface area contributed by atoms with Crippen LogP contribution in [-0.4, -0.2) is 20.9 Å². The molecule has 0 aliphatic heterocycles. The van der Waals surface area contributed by atoms with E-state index in [9.17, 15) is 9.59 Å². The molecule has 1 amide bonds. The molecule has 6 nitrogen and oxygen atoms in total. The Morgan fingerprint density at radius 3 is 2.78 bits per heavy atom. The number of nitrogens with zero attached hydrogens (tertiary/aromatic N) is 2. The molecule has 0 bridgehead atoms. The summed E-state index contributed by atoms with van der Waals surface area (Å²) in [6.45, 7) is 3.47. The Hall–Kier alpha value is -2.02. The van der Waals surface area contributed by atoms with Crippen LogP contribution in [0.4, 0.5) is 5.13 Å². The fourth-order valence-corrected chi connectivity index (χ4v) is 3.93. The van der Waals surface area contributed by atoms with E-state index in [-0.39, 0.29) is 17.9 Å². The molecule has 0 saturated carbocycles. The molecule has 7 heteroatoms. The van der Waals surface area contributed by atoms with Crippen molar-refractivity contribution in [2.24, 2.45) is 0 Å². The first-order valence-electron chi connectivity index (χ1n) is 7.88. The van der Waals surface area contributed by atoms with Crippen molar-refractivity contribution in [2.75, 3.05) is 5.32 Å². The van der Waals surface area contributed by atoms with Crippen molar-refractivity contribution in [3.8, 4) is 0 Å². The van der Waals surface area contributed by atoms with Crippen molar-refractivity contribution < 1.29 is 4.79 Å². The van der Waals surface area contributed by atoms with Crippen LogP contribution < -0.4 is 10.9 Å². The highest BCUT2D eigenvalue weighted by Crippen LogP contribution is 2.28. The molecule has 2 heterocycles. The summed E-state index contributed by atoms with van der Waals surface area (Å²) >= 11 is 1.55. The first-order valence-corrected chi connectivity index (χ1v) is 8.69. The summed E-state index contributed by atoms with van der Waals surface area (Å²) < 4.78 is 0. The third kappa shape index (κ3) is 3.67. The van der Waals surface area contributed by atoms with Gasteiger partial charge in [-0.3, -0.25) is 9.59 Å². The van der Waals surface area contributed by atoms with Gasteiger partial charge in [0.1, 0.15) is 5.82 Å². The molecule has 122 valence electrons. The molecule has 2 aromatic heterocycles. The van der Waals surface area contributed by atoms with Gasteiger partial charge in [-0.2, -0.15) is 0 Å². The Balaban J connectivity index is 1.72. The molecular weight excluding hydrogens is 312 g/mol. The van der Waals surface area contributed by atoms with E-state index >= 15 is 0 Å². The normalized spacial score (nSPS) is 14.2. The quantitative estimate of drug-likeness (QED) is 0.844. The van der Waals surface area contributed by atoms with E-state index in [1.54, 1.807) is 25.2 Å². The molecule has 3 rings (SSSR count). The number of H-pyrrole nitrogens is 1. The zero-order valence-electron chi connectivity index (χ0n) is 13.4. The first kappa shape index (κ1) is 15.9. The number of nitrogens with one attached hydrogen (secondary N) is 2. The molecule has 1 aliphatic rings. The van der Waals surface area contributed by atoms with Crippen molar-refractivity contribution in [3.63, 3.8) is 0 Å². The molecule has 2 aromatic rings. The number of hydrogen-bond acceptors (Lipinski definition) is 5. The Kier molecular flexibility index (Phi) is 4.56. The number of aryl methyl sites for hydroxylation is 4. The van der Waals surface area contributed by atoms with Gasteiger partial charge in [0.15, 0.2) is 5.13 Å². The number of thiazole rings is 1. The number of aromatic amines is 1. The standard InChI is InChI=1S/C16H20N4O2S/c1-9-11(15(22)18-10(2)17-9)8-14(21)20-16-19-12-6-4-3-5-7-13(12)23-16/h3-8H2,1-2H3,(H,17,18,22)(H,19,20,21). The number of amides is 1. The molecule has 0 atom stereocenters. The minimum absolute atomic E-state index is 0.0126. The zero-order chi connectivity index (χ0) is 16.4. The van der Waals surface area contributed by atoms with Gasteiger partial charge in [-0.1, -0.05) is 6.42 Å². The number of hydrogen-bond donors (Lipinski definition) is 2. The summed E-state index contributed by atoms with van der Waals surface area (Å²) in [5, 5.41) is 3.46. The smallest absolute Gasteiger partial charge is 0.254 e. The average molecular weight is 332 g/mol. The van der Waals surface area contributed by atoms with Crippen molar-refractivity contribution in [1.29, 1.82) is 0 Å². The van der Waals surface area contributed by atoms with Crippen LogP contribution in [0.2, 0.25) is 0 Å². The van der Waals surface area contributed by atoms with Crippen LogP contribution in [-0.2, 0) is 24.1 Å². The van der Waals surface area contributed by atoms with Gasteiger partial charge in [-0.15, -0.1) is 11.3 Å². The molecule has 0 saturated heterocycles. The predicted octanol–water partition coefficient (Wildman–Crippen LogP) is 2.29. The Morgan fingerprint density at radius 2 is 2.00 bits per heavy atom. The monoisotopic (exact) mass is 332 g/mol. The number of rotatable bonds is 3. The van der Waals surface area contributed by atoms with Gasteiger partial charge < -0.3 is 10.3 Å². The Morgan fingerprint density at radius 1 is 1.22 bits per heavy atom. The van der Waals surface area contributed by atoms with E-state index in [0.29, 0.717) is 22.2 Å². The lowest BCUT2D eigenvalue weighted by atomic mass is 10.1. The van der Waals surface area contributed by atoms with Crippen LogP contribution in [0, 0.1) is 13.8 Å². The summed E-state index contributed by atoms with van der Waals surface area (Å²) in [4.78, 5) is 36.8. The Labute approximate surface area is 138 Å². The predicted molar refractivity (Wildman–Crippen MR) is 90.0 cm³/mol. The number of carbonyl (C=O) groups excluding carboxylic acids is 1. The maximum absolute atomic E-state index is 12.2. The van der Waals surface area contributed by atoms with Gasteiger partial charge in [0.05, 0.1) is 12.1 Å². The minimum atomic E-state index is -0.250. The lowest BCUT2D eigenvalue weighted by Gasteiger charge is -2.05. The molecule has 0 aromatic carbocycles. The lowest BCUT2D eigenvalue weighted by molar-refractivity contribution is -0.115. The Bertz CT molecular complexity index is 770. The SMILES string of the molecule is Cc1nc(C)c(CC(=O)Nc2nc3c(s2)CCCCC3)c(=O)[nH]1. The van der Waals surface area contributed by atoms with Gasteiger partial charge in [0.2, 0.25) is 5.91 Å². The van der Waals surface area contributed by atoms with E-state index < -0.39 is 0 Å². The number of aromatic nitrogens is 3. The molecule has 2 N–H and O–H groups in total. The van der Waals surface area contributed by atoms with Crippen molar-refractivity contribution in [1.82, 2.24) is 15.0 Å². The molecule has 0 spiro atoms. The number of carbonyl (C=O) groups is 1. The molecule has 0 radical (unpaired) electrons. The summed E-state index contributed by atoms with van der Waals surface area (Å²) in [6, 6.07) is 0. The van der Waals surface area contributed by atoms with Crippen LogP contribution in [0.1, 0.15) is 46.9 Å². The number of fused-ring (bicyclic) bond motifs is 1. The zero-order valence-corrected chi connectivity index (χ0v) is 14.2. The largest absolute Gasteiger partial charge is 0.311 e. The van der Waals surface area contributed by atoms with Crippen LogP contribution in [0.5, 0.6) is 0 Å². The third-order valence-corrected chi connectivity index (χ3v) is 5.09. The topological polar surface area (TPSA) is 87.7 Å². The average Bonchev–Trinajstić information content (AvgIpc) is 2.71. The minimum Gasteiger partial charge on any atom is -0.311 e. The highest BCUT2D eigenvalue weighted by Gasteiger charge is 2.17. The fraction of sp³-hybridized carbons (Fsp3) is 0.500. The van der Waals surface area contributed by atoms with Gasteiger partial charge in [-0.05, 0) is 39.5 Å². The molecule has 0 unspecified atom stereocenters. The number of anilines is 1. The summed E-state index contributed by atoms with van der Waals surface area (Å²) in [5.41, 5.74) is 1.87. The summed E-state index contributed by atoms with van der Waals surface area (Å²) in [7, 11) is 0. The van der Waals surface area contributed by atoms with E-state index in [4.69, 9.17) is 0 Å². The van der Waals surface area contributed by atoms with Gasteiger partial charge in [0, 0.05) is 16.1 Å². The van der Waals surface area contributed by atoms with Crippen molar-refractivity contribution >= 4 is 22.4 Å². The maximum atomic E-state index is 12.2. The van der Waals surface area contributed by atoms with Crippen LogP contribution in [0.25, 0.3) is 0 Å². The van der Waals surface area contributed by atoms with E-state index in [0.717, 1.165) is 25.0 Å². The van der Waals surface area contributed by atoms with E-state index in [1.165, 1.54) is 17.7 Å².